The maximum Gasteiger partial charge on any atom is 0.340 e. The maximum absolute atomic E-state index is 12.6. The van der Waals surface area contributed by atoms with Crippen molar-refractivity contribution in [3.63, 3.8) is 0 Å². The summed E-state index contributed by atoms with van der Waals surface area (Å²) in [5, 5.41) is 8.32. The molecule has 1 N–H and O–H groups in total. The molecular formula is C7H3F4NO2. The average Bonchev–Trinajstić information content (AvgIpc) is 2.02. The minimum Gasteiger partial charge on any atom is -0.478 e. The summed E-state index contributed by atoms with van der Waals surface area (Å²) in [6.07, 6.45) is -3.24. The fourth-order valence-corrected chi connectivity index (χ4v) is 0.789. The summed E-state index contributed by atoms with van der Waals surface area (Å²) in [4.78, 5) is 12.7. The van der Waals surface area contributed by atoms with Crippen LogP contribution in [0.5, 0.6) is 0 Å². The van der Waals surface area contributed by atoms with E-state index >= 15 is 0 Å². The quantitative estimate of drug-likeness (QED) is 0.598. The molecule has 76 valence electrons. The number of hydrogen-bond donors (Lipinski definition) is 1. The zero-order valence-corrected chi connectivity index (χ0v) is 6.47. The molecule has 0 unspecified atom stereocenters. The van der Waals surface area contributed by atoms with Crippen molar-refractivity contribution in [2.24, 2.45) is 0 Å². The molecule has 0 bridgehead atoms. The minimum absolute atomic E-state index is 0.227. The van der Waals surface area contributed by atoms with Crippen molar-refractivity contribution in [2.75, 3.05) is 0 Å². The summed E-state index contributed by atoms with van der Waals surface area (Å²) in [5.41, 5.74) is -2.31. The summed E-state index contributed by atoms with van der Waals surface area (Å²) in [7, 11) is 0. The van der Waals surface area contributed by atoms with E-state index in [0.29, 0.717) is 0 Å². The van der Waals surface area contributed by atoms with Crippen LogP contribution in [0, 0.1) is 11.9 Å². The van der Waals surface area contributed by atoms with Crippen molar-refractivity contribution in [1.82, 2.24) is 4.98 Å². The molecule has 1 heterocycles. The predicted molar refractivity (Wildman–Crippen MR) is 36.1 cm³/mol. The molecule has 0 amide bonds. The van der Waals surface area contributed by atoms with Crippen LogP contribution in [-0.4, -0.2) is 16.1 Å². The van der Waals surface area contributed by atoms with Gasteiger partial charge in [-0.2, -0.15) is 13.8 Å². The third-order valence-electron chi connectivity index (χ3n) is 1.42. The molecule has 3 nitrogen and oxygen atoms in total. The number of rotatable bonds is 2. The highest BCUT2D eigenvalue weighted by Gasteiger charge is 2.21. The number of carbonyl (C=O) groups is 1. The zero-order chi connectivity index (χ0) is 10.9. The van der Waals surface area contributed by atoms with Crippen LogP contribution < -0.4 is 0 Å². The van der Waals surface area contributed by atoms with Gasteiger partial charge in [-0.15, -0.1) is 0 Å². The van der Waals surface area contributed by atoms with Crippen molar-refractivity contribution >= 4 is 5.97 Å². The highest BCUT2D eigenvalue weighted by Crippen LogP contribution is 2.22. The molecule has 0 atom stereocenters. The van der Waals surface area contributed by atoms with E-state index in [9.17, 15) is 22.4 Å². The van der Waals surface area contributed by atoms with Crippen LogP contribution in [0.25, 0.3) is 0 Å². The monoisotopic (exact) mass is 209 g/mol. The van der Waals surface area contributed by atoms with Gasteiger partial charge in [0.2, 0.25) is 11.9 Å². The van der Waals surface area contributed by atoms with Crippen molar-refractivity contribution in [2.45, 2.75) is 6.43 Å². The number of alkyl halides is 2. The van der Waals surface area contributed by atoms with Crippen LogP contribution in [0.1, 0.15) is 22.3 Å². The van der Waals surface area contributed by atoms with E-state index in [1.807, 2.05) is 0 Å². The molecule has 1 aromatic rings. The van der Waals surface area contributed by atoms with Crippen molar-refractivity contribution in [1.29, 1.82) is 0 Å². The Balaban J connectivity index is 3.34. The summed E-state index contributed by atoms with van der Waals surface area (Å²) >= 11 is 0. The number of pyridine rings is 1. The number of aromatic carboxylic acids is 1. The Labute approximate surface area is 75.0 Å². The van der Waals surface area contributed by atoms with E-state index in [1.165, 1.54) is 0 Å². The fourth-order valence-electron chi connectivity index (χ4n) is 0.789. The van der Waals surface area contributed by atoms with Crippen LogP contribution in [0.15, 0.2) is 6.07 Å². The summed E-state index contributed by atoms with van der Waals surface area (Å²) < 4.78 is 49.1. The van der Waals surface area contributed by atoms with Crippen LogP contribution in [0.2, 0.25) is 0 Å². The molecule has 1 aromatic heterocycles. The summed E-state index contributed by atoms with van der Waals surface area (Å²) in [5.74, 6) is -5.11. The van der Waals surface area contributed by atoms with Crippen molar-refractivity contribution < 1.29 is 27.5 Å². The van der Waals surface area contributed by atoms with Gasteiger partial charge in [0, 0.05) is 0 Å². The van der Waals surface area contributed by atoms with Gasteiger partial charge in [-0.3, -0.25) is 0 Å². The first-order valence-corrected chi connectivity index (χ1v) is 3.31. The van der Waals surface area contributed by atoms with Crippen LogP contribution >= 0.6 is 0 Å². The van der Waals surface area contributed by atoms with Gasteiger partial charge in [-0.25, -0.2) is 13.6 Å². The predicted octanol–water partition coefficient (Wildman–Crippen LogP) is 2.00. The highest BCUT2D eigenvalue weighted by atomic mass is 19.3. The smallest absolute Gasteiger partial charge is 0.340 e. The standard InChI is InChI=1S/C7H3F4NO2/c8-4(9)2-1-3(7(13)14)6(11)12-5(2)10/h1,4H,(H,13,14). The number of carboxylic acid groups (broad SMARTS) is 1. The first-order valence-electron chi connectivity index (χ1n) is 3.31. The lowest BCUT2D eigenvalue weighted by atomic mass is 10.2. The summed E-state index contributed by atoms with van der Waals surface area (Å²) in [6, 6.07) is 0.227. The molecule has 0 fully saturated rings. The van der Waals surface area contributed by atoms with Gasteiger partial charge in [-0.05, 0) is 6.07 Å². The topological polar surface area (TPSA) is 50.2 Å². The molecule has 0 aromatic carbocycles. The van der Waals surface area contributed by atoms with Crippen molar-refractivity contribution in [3.05, 3.63) is 29.1 Å². The van der Waals surface area contributed by atoms with E-state index < -0.39 is 35.4 Å². The van der Waals surface area contributed by atoms with Crippen LogP contribution in [-0.2, 0) is 0 Å². The Morgan fingerprint density at radius 2 is 1.93 bits per heavy atom. The molecule has 0 saturated carbocycles. The lowest BCUT2D eigenvalue weighted by molar-refractivity contribution is 0.0689. The molecule has 0 aliphatic rings. The molecule has 0 radical (unpaired) electrons. The van der Waals surface area contributed by atoms with Crippen LogP contribution in [0.3, 0.4) is 0 Å². The van der Waals surface area contributed by atoms with Gasteiger partial charge in [0.15, 0.2) is 0 Å². The number of hydrogen-bond acceptors (Lipinski definition) is 2. The molecule has 0 spiro atoms. The third kappa shape index (κ3) is 1.81. The Hall–Kier alpha value is -1.66. The van der Waals surface area contributed by atoms with Crippen LogP contribution in [0.4, 0.5) is 17.6 Å². The van der Waals surface area contributed by atoms with Crippen molar-refractivity contribution in [3.8, 4) is 0 Å². The van der Waals surface area contributed by atoms with Gasteiger partial charge in [-0.1, -0.05) is 0 Å². The molecule has 1 rings (SSSR count). The highest BCUT2D eigenvalue weighted by molar-refractivity contribution is 5.87. The molecule has 0 aliphatic heterocycles. The summed E-state index contributed by atoms with van der Waals surface area (Å²) in [6.45, 7) is 0. The van der Waals surface area contributed by atoms with Gasteiger partial charge in [0.25, 0.3) is 6.43 Å². The maximum atomic E-state index is 12.6. The molecule has 0 saturated heterocycles. The second kappa shape index (κ2) is 3.60. The van der Waals surface area contributed by atoms with Gasteiger partial charge < -0.3 is 5.11 Å². The Kier molecular flexibility index (Phi) is 2.68. The third-order valence-corrected chi connectivity index (χ3v) is 1.42. The van der Waals surface area contributed by atoms with Gasteiger partial charge >= 0.3 is 5.97 Å². The van der Waals surface area contributed by atoms with E-state index in [2.05, 4.69) is 4.98 Å². The van der Waals surface area contributed by atoms with E-state index in [4.69, 9.17) is 5.11 Å². The first kappa shape index (κ1) is 10.4. The Morgan fingerprint density at radius 3 is 2.36 bits per heavy atom. The normalized spacial score (nSPS) is 10.6. The second-order valence-corrected chi connectivity index (χ2v) is 2.31. The zero-order valence-electron chi connectivity index (χ0n) is 6.47. The number of halogens is 4. The van der Waals surface area contributed by atoms with E-state index in [0.717, 1.165) is 0 Å². The lowest BCUT2D eigenvalue weighted by Gasteiger charge is -2.02. The molecular weight excluding hydrogens is 206 g/mol. The molecule has 7 heteroatoms. The SMILES string of the molecule is O=C(O)c1cc(C(F)F)c(F)nc1F. The number of aromatic nitrogens is 1. The number of carboxylic acids is 1. The Bertz CT molecular complexity index is 380. The van der Waals surface area contributed by atoms with Gasteiger partial charge in [0.1, 0.15) is 5.56 Å². The van der Waals surface area contributed by atoms with E-state index in [-0.39, 0.29) is 6.07 Å². The Morgan fingerprint density at radius 1 is 1.36 bits per heavy atom. The lowest BCUT2D eigenvalue weighted by Crippen LogP contribution is -2.07. The molecule has 14 heavy (non-hydrogen) atoms. The largest absolute Gasteiger partial charge is 0.478 e. The minimum atomic E-state index is -3.24. The number of nitrogens with zero attached hydrogens (tertiary/aromatic N) is 1. The average molecular weight is 209 g/mol. The fraction of sp³-hybridized carbons (Fsp3) is 0.143. The molecule has 0 aliphatic carbocycles. The van der Waals surface area contributed by atoms with Gasteiger partial charge in [0.05, 0.1) is 5.56 Å². The van der Waals surface area contributed by atoms with E-state index in [1.54, 1.807) is 0 Å². The second-order valence-electron chi connectivity index (χ2n) is 2.31. The first-order chi connectivity index (χ1) is 6.43.